The zero-order valence-corrected chi connectivity index (χ0v) is 13.9. The summed E-state index contributed by atoms with van der Waals surface area (Å²) < 4.78 is 0. The van der Waals surface area contributed by atoms with Crippen LogP contribution in [0.1, 0.15) is 13.3 Å². The van der Waals surface area contributed by atoms with Gasteiger partial charge in [0.15, 0.2) is 0 Å². The number of hydrogen-bond acceptors (Lipinski definition) is 5. The van der Waals surface area contributed by atoms with E-state index in [9.17, 15) is 9.59 Å². The lowest BCUT2D eigenvalue weighted by Crippen LogP contribution is -2.56. The van der Waals surface area contributed by atoms with Gasteiger partial charge in [-0.1, -0.05) is 25.1 Å². The van der Waals surface area contributed by atoms with Crippen molar-refractivity contribution in [2.75, 3.05) is 38.0 Å². The first-order chi connectivity index (χ1) is 11.7. The summed E-state index contributed by atoms with van der Waals surface area (Å²) >= 11 is 0. The zero-order chi connectivity index (χ0) is 16.9. The van der Waals surface area contributed by atoms with E-state index in [0.29, 0.717) is 11.6 Å². The average molecular weight is 329 g/mol. The molecule has 2 aliphatic heterocycles. The largest absolute Gasteiger partial charge is 0.340 e. The Morgan fingerprint density at radius 1 is 1.25 bits per heavy atom. The lowest BCUT2D eigenvalue weighted by molar-refractivity contribution is -0.125. The number of nitrogens with zero attached hydrogens (tertiary/aromatic N) is 3. The third kappa shape index (κ3) is 3.91. The molecular formula is C17H23N5O2. The Labute approximate surface area is 141 Å². The van der Waals surface area contributed by atoms with E-state index in [1.807, 2.05) is 35.2 Å². The van der Waals surface area contributed by atoms with Gasteiger partial charge in [0.25, 0.3) is 0 Å². The second kappa shape index (κ2) is 7.44. The van der Waals surface area contributed by atoms with Crippen LogP contribution in [0, 0.1) is 0 Å². The minimum absolute atomic E-state index is 0.0804. The van der Waals surface area contributed by atoms with Gasteiger partial charge < -0.3 is 15.1 Å². The molecule has 3 rings (SSSR count). The van der Waals surface area contributed by atoms with E-state index in [-0.39, 0.29) is 18.2 Å². The Balaban J connectivity index is 1.67. The molecule has 2 aliphatic rings. The molecule has 0 unspecified atom stereocenters. The van der Waals surface area contributed by atoms with E-state index >= 15 is 0 Å². The highest BCUT2D eigenvalue weighted by Crippen LogP contribution is 2.12. The number of aliphatic imine (C=N–C) groups is 1. The summed E-state index contributed by atoms with van der Waals surface area (Å²) in [5.74, 6) is 0.113. The van der Waals surface area contributed by atoms with Gasteiger partial charge in [0, 0.05) is 31.9 Å². The Kier molecular flexibility index (Phi) is 5.10. The predicted octanol–water partition coefficient (Wildman–Crippen LogP) is 0.507. The Bertz CT molecular complexity index is 623. The molecule has 128 valence electrons. The second-order valence-electron chi connectivity index (χ2n) is 6.00. The molecule has 1 saturated heterocycles. The quantitative estimate of drug-likeness (QED) is 0.847. The third-order valence-corrected chi connectivity index (χ3v) is 4.37. The lowest BCUT2D eigenvalue weighted by atomic mass is 10.1. The third-order valence-electron chi connectivity index (χ3n) is 4.37. The summed E-state index contributed by atoms with van der Waals surface area (Å²) in [6.45, 7) is 6.65. The lowest BCUT2D eigenvalue weighted by Gasteiger charge is -2.37. The standard InChI is InChI=1S/C17H23N5O2/c1-2-21-8-10-22(11-9-21)17-19-14(12-15(23)20-17)16(24)18-13-6-4-3-5-7-13/h3-7,14H,2,8-12H2,1H3,(H,18,24)(H,19,20,23)/t14-/m1/s1. The van der Waals surface area contributed by atoms with E-state index in [1.165, 1.54) is 0 Å². The highest BCUT2D eigenvalue weighted by Gasteiger charge is 2.30. The van der Waals surface area contributed by atoms with Crippen LogP contribution in [0.5, 0.6) is 0 Å². The van der Waals surface area contributed by atoms with E-state index in [1.54, 1.807) is 0 Å². The van der Waals surface area contributed by atoms with Crippen molar-refractivity contribution in [2.24, 2.45) is 4.99 Å². The molecular weight excluding hydrogens is 306 g/mol. The van der Waals surface area contributed by atoms with Gasteiger partial charge in [-0.05, 0) is 18.7 Å². The summed E-state index contributed by atoms with van der Waals surface area (Å²) in [7, 11) is 0. The van der Waals surface area contributed by atoms with Crippen LogP contribution in [0.4, 0.5) is 5.69 Å². The topological polar surface area (TPSA) is 77.0 Å². The normalized spacial score (nSPS) is 21.9. The molecule has 0 spiro atoms. The summed E-state index contributed by atoms with van der Waals surface area (Å²) in [5, 5.41) is 5.63. The number of piperazine rings is 1. The first kappa shape index (κ1) is 16.4. The molecule has 1 aromatic rings. The van der Waals surface area contributed by atoms with Gasteiger partial charge in [-0.3, -0.25) is 14.9 Å². The number of hydrogen-bond donors (Lipinski definition) is 2. The Morgan fingerprint density at radius 2 is 1.96 bits per heavy atom. The van der Waals surface area contributed by atoms with Gasteiger partial charge in [0.05, 0.1) is 6.42 Å². The fraction of sp³-hybridized carbons (Fsp3) is 0.471. The van der Waals surface area contributed by atoms with Crippen molar-refractivity contribution in [2.45, 2.75) is 19.4 Å². The number of carbonyl (C=O) groups excluding carboxylic acids is 2. The smallest absolute Gasteiger partial charge is 0.249 e. The number of guanidine groups is 1. The minimum Gasteiger partial charge on any atom is -0.340 e. The highest BCUT2D eigenvalue weighted by molar-refractivity contribution is 6.05. The molecule has 0 saturated carbocycles. The van der Waals surface area contributed by atoms with E-state index in [0.717, 1.165) is 32.7 Å². The van der Waals surface area contributed by atoms with Crippen LogP contribution in [0.25, 0.3) is 0 Å². The van der Waals surface area contributed by atoms with Gasteiger partial charge in [0.1, 0.15) is 6.04 Å². The number of anilines is 1. The number of para-hydroxylation sites is 1. The monoisotopic (exact) mass is 329 g/mol. The number of likely N-dealkylation sites (N-methyl/N-ethyl adjacent to an activating group) is 1. The fourth-order valence-corrected chi connectivity index (χ4v) is 2.91. The Morgan fingerprint density at radius 3 is 2.62 bits per heavy atom. The molecule has 0 aromatic heterocycles. The highest BCUT2D eigenvalue weighted by atomic mass is 16.2. The van der Waals surface area contributed by atoms with Crippen LogP contribution in [-0.2, 0) is 9.59 Å². The van der Waals surface area contributed by atoms with Crippen LogP contribution in [-0.4, -0.2) is 66.3 Å². The van der Waals surface area contributed by atoms with Crippen molar-refractivity contribution < 1.29 is 9.59 Å². The molecule has 2 N–H and O–H groups in total. The van der Waals surface area contributed by atoms with Crippen molar-refractivity contribution in [1.82, 2.24) is 15.1 Å². The molecule has 2 heterocycles. The molecule has 2 amide bonds. The molecule has 7 nitrogen and oxygen atoms in total. The van der Waals surface area contributed by atoms with Crippen molar-refractivity contribution in [3.8, 4) is 0 Å². The van der Waals surface area contributed by atoms with E-state index in [4.69, 9.17) is 0 Å². The summed E-state index contributed by atoms with van der Waals surface area (Å²) in [5.41, 5.74) is 0.710. The van der Waals surface area contributed by atoms with Gasteiger partial charge in [0.2, 0.25) is 17.8 Å². The molecule has 1 aromatic carbocycles. The predicted molar refractivity (Wildman–Crippen MR) is 92.7 cm³/mol. The number of nitrogens with one attached hydrogen (secondary N) is 2. The maximum absolute atomic E-state index is 12.4. The first-order valence-corrected chi connectivity index (χ1v) is 8.36. The van der Waals surface area contributed by atoms with Crippen molar-refractivity contribution in [3.05, 3.63) is 30.3 Å². The van der Waals surface area contributed by atoms with Gasteiger partial charge in [-0.2, -0.15) is 0 Å². The molecule has 1 atom stereocenters. The molecule has 1 fully saturated rings. The van der Waals surface area contributed by atoms with E-state index < -0.39 is 6.04 Å². The fourth-order valence-electron chi connectivity index (χ4n) is 2.91. The SMILES string of the molecule is CCN1CCN(C2=N[C@@H](C(=O)Nc3ccccc3)CC(=O)N2)CC1. The van der Waals surface area contributed by atoms with Crippen molar-refractivity contribution >= 4 is 23.5 Å². The second-order valence-corrected chi connectivity index (χ2v) is 6.00. The number of benzene rings is 1. The molecule has 24 heavy (non-hydrogen) atoms. The first-order valence-electron chi connectivity index (χ1n) is 8.36. The molecule has 0 bridgehead atoms. The maximum Gasteiger partial charge on any atom is 0.249 e. The van der Waals surface area contributed by atoms with E-state index in [2.05, 4.69) is 27.4 Å². The van der Waals surface area contributed by atoms with Crippen LogP contribution < -0.4 is 10.6 Å². The van der Waals surface area contributed by atoms with Crippen molar-refractivity contribution in [1.29, 1.82) is 0 Å². The number of amides is 2. The summed E-state index contributed by atoms with van der Waals surface area (Å²) in [4.78, 5) is 33.3. The molecule has 0 aliphatic carbocycles. The van der Waals surface area contributed by atoms with Gasteiger partial charge >= 0.3 is 0 Å². The Hall–Kier alpha value is -2.41. The number of carbonyl (C=O) groups is 2. The average Bonchev–Trinajstić information content (AvgIpc) is 2.62. The summed E-state index contributed by atoms with van der Waals surface area (Å²) in [6.07, 6.45) is 0.0804. The summed E-state index contributed by atoms with van der Waals surface area (Å²) in [6, 6.07) is 8.54. The van der Waals surface area contributed by atoms with Crippen LogP contribution >= 0.6 is 0 Å². The molecule has 0 radical (unpaired) electrons. The van der Waals surface area contributed by atoms with Gasteiger partial charge in [-0.25, -0.2) is 4.99 Å². The minimum atomic E-state index is -0.682. The maximum atomic E-state index is 12.4. The van der Waals surface area contributed by atoms with Crippen LogP contribution in [0.15, 0.2) is 35.3 Å². The zero-order valence-electron chi connectivity index (χ0n) is 13.9. The molecule has 7 heteroatoms. The van der Waals surface area contributed by atoms with Gasteiger partial charge in [-0.15, -0.1) is 0 Å². The van der Waals surface area contributed by atoms with Crippen LogP contribution in [0.2, 0.25) is 0 Å². The van der Waals surface area contributed by atoms with Crippen molar-refractivity contribution in [3.63, 3.8) is 0 Å². The number of rotatable bonds is 3. The van der Waals surface area contributed by atoms with Crippen LogP contribution in [0.3, 0.4) is 0 Å².